The van der Waals surface area contributed by atoms with E-state index in [0.29, 0.717) is 23.1 Å². The van der Waals surface area contributed by atoms with Crippen LogP contribution < -0.4 is 10.1 Å². The second-order valence-corrected chi connectivity index (χ2v) is 8.81. The minimum atomic E-state index is -0.415. The number of ether oxygens (including phenoxy) is 2. The maximum Gasteiger partial charge on any atom is 0.307 e. The molecule has 10 nitrogen and oxygen atoms in total. The first-order chi connectivity index (χ1) is 17.3. The molecule has 0 spiro atoms. The van der Waals surface area contributed by atoms with Gasteiger partial charge in [0.05, 0.1) is 49.4 Å². The summed E-state index contributed by atoms with van der Waals surface area (Å²) >= 11 is 5.67. The summed E-state index contributed by atoms with van der Waals surface area (Å²) in [6.07, 6.45) is 1.88. The SMILES string of the molecule is COC(=O)CCN1C(=S)N[C@@H](c2ccccn2)[C@@H]1c1cc(C)n(-c2ccc(OC)cc2[N+](=O)[O-])c1C. The zero-order valence-electron chi connectivity index (χ0n) is 20.4. The second kappa shape index (κ2) is 10.3. The molecule has 188 valence electrons. The lowest BCUT2D eigenvalue weighted by Crippen LogP contribution is -2.32. The van der Waals surface area contributed by atoms with E-state index in [1.165, 1.54) is 20.3 Å². The molecule has 1 fully saturated rings. The first-order valence-electron chi connectivity index (χ1n) is 11.3. The van der Waals surface area contributed by atoms with E-state index in [9.17, 15) is 14.9 Å². The molecule has 1 saturated heterocycles. The number of carbonyl (C=O) groups excluding carboxylic acids is 1. The van der Waals surface area contributed by atoms with E-state index in [1.54, 1.807) is 18.3 Å². The Balaban J connectivity index is 1.84. The van der Waals surface area contributed by atoms with Crippen LogP contribution in [0.3, 0.4) is 0 Å². The highest BCUT2D eigenvalue weighted by Gasteiger charge is 2.41. The van der Waals surface area contributed by atoms with Gasteiger partial charge >= 0.3 is 5.97 Å². The number of hydrogen-bond acceptors (Lipinski definition) is 7. The Morgan fingerprint density at radius 2 is 2.00 bits per heavy atom. The predicted molar refractivity (Wildman–Crippen MR) is 137 cm³/mol. The number of thiocarbonyl (C=S) groups is 1. The lowest BCUT2D eigenvalue weighted by Gasteiger charge is -2.28. The lowest BCUT2D eigenvalue weighted by atomic mass is 9.96. The van der Waals surface area contributed by atoms with Gasteiger partial charge in [0.15, 0.2) is 5.11 Å². The van der Waals surface area contributed by atoms with Gasteiger partial charge in [0, 0.05) is 24.1 Å². The van der Waals surface area contributed by atoms with Crippen molar-refractivity contribution in [3.8, 4) is 11.4 Å². The van der Waals surface area contributed by atoms with Gasteiger partial charge in [-0.3, -0.25) is 19.9 Å². The number of esters is 1. The van der Waals surface area contributed by atoms with E-state index < -0.39 is 4.92 Å². The highest BCUT2D eigenvalue weighted by atomic mass is 32.1. The summed E-state index contributed by atoms with van der Waals surface area (Å²) in [4.78, 5) is 29.9. The monoisotopic (exact) mass is 509 g/mol. The number of methoxy groups -OCH3 is 2. The van der Waals surface area contributed by atoms with E-state index in [4.69, 9.17) is 21.7 Å². The van der Waals surface area contributed by atoms with Gasteiger partial charge in [-0.1, -0.05) is 6.07 Å². The summed E-state index contributed by atoms with van der Waals surface area (Å²) in [6, 6.07) is 11.9. The molecule has 1 aromatic carbocycles. The first kappa shape index (κ1) is 25.1. The number of carbonyl (C=O) groups is 1. The Hall–Kier alpha value is -3.99. The summed E-state index contributed by atoms with van der Waals surface area (Å²) in [5.74, 6) is 0.0693. The van der Waals surface area contributed by atoms with E-state index in [2.05, 4.69) is 10.3 Å². The molecule has 1 N–H and O–H groups in total. The largest absolute Gasteiger partial charge is 0.496 e. The molecule has 2 atom stereocenters. The molecule has 0 saturated carbocycles. The maximum atomic E-state index is 11.9. The average molecular weight is 510 g/mol. The van der Waals surface area contributed by atoms with Crippen LogP contribution >= 0.6 is 12.2 Å². The van der Waals surface area contributed by atoms with Crippen molar-refractivity contribution in [2.75, 3.05) is 20.8 Å². The van der Waals surface area contributed by atoms with Gasteiger partial charge in [0.25, 0.3) is 5.69 Å². The van der Waals surface area contributed by atoms with Gasteiger partial charge in [0.1, 0.15) is 11.4 Å². The van der Waals surface area contributed by atoms with Crippen molar-refractivity contribution in [3.63, 3.8) is 0 Å². The van der Waals surface area contributed by atoms with Gasteiger partial charge < -0.3 is 24.3 Å². The number of benzene rings is 1. The van der Waals surface area contributed by atoms with Gasteiger partial charge in [-0.25, -0.2) is 0 Å². The number of aromatic nitrogens is 2. The van der Waals surface area contributed by atoms with Gasteiger partial charge in [-0.15, -0.1) is 0 Å². The number of hydrogen-bond donors (Lipinski definition) is 1. The molecule has 4 rings (SSSR count). The third kappa shape index (κ3) is 4.61. The molecule has 11 heteroatoms. The first-order valence-corrected chi connectivity index (χ1v) is 11.7. The second-order valence-electron chi connectivity index (χ2n) is 8.42. The number of nitrogens with zero attached hydrogens (tertiary/aromatic N) is 4. The fourth-order valence-electron chi connectivity index (χ4n) is 4.72. The summed E-state index contributed by atoms with van der Waals surface area (Å²) in [7, 11) is 2.83. The van der Waals surface area contributed by atoms with Crippen molar-refractivity contribution in [2.45, 2.75) is 32.4 Å². The minimum absolute atomic E-state index is 0.0633. The van der Waals surface area contributed by atoms with Crippen molar-refractivity contribution in [3.05, 3.63) is 81.4 Å². The molecular weight excluding hydrogens is 482 g/mol. The third-order valence-electron chi connectivity index (χ3n) is 6.39. The Labute approximate surface area is 214 Å². The molecule has 2 aromatic heterocycles. The quantitative estimate of drug-likeness (QED) is 0.209. The van der Waals surface area contributed by atoms with E-state index in [-0.39, 0.29) is 30.2 Å². The Morgan fingerprint density at radius 1 is 1.22 bits per heavy atom. The molecule has 1 aliphatic rings. The van der Waals surface area contributed by atoms with Gasteiger partial charge in [0.2, 0.25) is 0 Å². The molecular formula is C25H27N5O5S. The number of nitrogens with one attached hydrogen (secondary N) is 1. The van der Waals surface area contributed by atoms with Crippen LogP contribution in [0.2, 0.25) is 0 Å². The fraction of sp³-hybridized carbons (Fsp3) is 0.320. The molecule has 0 aliphatic carbocycles. The molecule has 0 amide bonds. The number of aryl methyl sites for hydroxylation is 1. The van der Waals surface area contributed by atoms with Crippen LogP contribution in [0.4, 0.5) is 5.69 Å². The van der Waals surface area contributed by atoms with E-state index in [0.717, 1.165) is 22.6 Å². The van der Waals surface area contributed by atoms with Crippen molar-refractivity contribution >= 4 is 29.0 Å². The maximum absolute atomic E-state index is 11.9. The van der Waals surface area contributed by atoms with Crippen LogP contribution in [0.15, 0.2) is 48.7 Å². The molecule has 0 radical (unpaired) electrons. The van der Waals surface area contributed by atoms with Crippen LogP contribution in [0.5, 0.6) is 5.75 Å². The Morgan fingerprint density at radius 3 is 2.64 bits per heavy atom. The highest BCUT2D eigenvalue weighted by Crippen LogP contribution is 2.42. The zero-order chi connectivity index (χ0) is 26.0. The number of nitro benzene ring substituents is 1. The predicted octanol–water partition coefficient (Wildman–Crippen LogP) is 3.94. The lowest BCUT2D eigenvalue weighted by molar-refractivity contribution is -0.384. The van der Waals surface area contributed by atoms with Crippen molar-refractivity contribution in [1.82, 2.24) is 19.8 Å². The van der Waals surface area contributed by atoms with Crippen LogP contribution in [-0.2, 0) is 9.53 Å². The molecule has 3 aromatic rings. The zero-order valence-corrected chi connectivity index (χ0v) is 21.2. The highest BCUT2D eigenvalue weighted by molar-refractivity contribution is 7.80. The van der Waals surface area contributed by atoms with Crippen LogP contribution in [0.25, 0.3) is 5.69 Å². The van der Waals surface area contributed by atoms with Crippen LogP contribution in [0, 0.1) is 24.0 Å². The topological polar surface area (TPSA) is 112 Å². The summed E-state index contributed by atoms with van der Waals surface area (Å²) < 4.78 is 11.9. The smallest absolute Gasteiger partial charge is 0.307 e. The minimum Gasteiger partial charge on any atom is -0.496 e. The van der Waals surface area contributed by atoms with Crippen molar-refractivity contribution < 1.29 is 19.2 Å². The summed E-state index contributed by atoms with van der Waals surface area (Å²) in [6.45, 7) is 4.17. The molecule has 36 heavy (non-hydrogen) atoms. The summed E-state index contributed by atoms with van der Waals surface area (Å²) in [5, 5.41) is 15.8. The third-order valence-corrected chi connectivity index (χ3v) is 6.74. The number of rotatable bonds is 8. The van der Waals surface area contributed by atoms with Gasteiger partial charge in [-0.2, -0.15) is 0 Å². The average Bonchev–Trinajstić information content (AvgIpc) is 3.36. The Bertz CT molecular complexity index is 1310. The normalized spacial score (nSPS) is 17.1. The molecule has 3 heterocycles. The number of pyridine rings is 1. The fourth-order valence-corrected chi connectivity index (χ4v) is 5.05. The summed E-state index contributed by atoms with van der Waals surface area (Å²) in [5.41, 5.74) is 3.73. The molecule has 1 aliphatic heterocycles. The number of nitro groups is 1. The molecule has 0 bridgehead atoms. The van der Waals surface area contributed by atoms with Crippen LogP contribution in [-0.4, -0.2) is 51.2 Å². The van der Waals surface area contributed by atoms with E-state index >= 15 is 0 Å². The van der Waals surface area contributed by atoms with Crippen LogP contribution in [0.1, 0.15) is 41.1 Å². The molecule has 0 unspecified atom stereocenters. The standard InChI is InChI=1S/C25H27N5O5S/c1-15-13-18(16(2)29(15)20-9-8-17(34-3)14-21(20)30(32)33)24-23(19-7-5-6-11-26-19)27-25(36)28(24)12-10-22(31)35-4/h5-9,11,13-14,23-24H,10,12H2,1-4H3,(H,27,36)/t23-,24-/m0/s1. The van der Waals surface area contributed by atoms with Gasteiger partial charge in [-0.05, 0) is 62.0 Å². The Kier molecular flexibility index (Phi) is 7.20. The van der Waals surface area contributed by atoms with Crippen molar-refractivity contribution in [2.24, 2.45) is 0 Å². The van der Waals surface area contributed by atoms with Crippen molar-refractivity contribution in [1.29, 1.82) is 0 Å². The van der Waals surface area contributed by atoms with E-state index in [1.807, 2.05) is 47.6 Å².